The monoisotopic (exact) mass is 266 g/mol. The molecule has 110 valence electrons. The van der Waals surface area contributed by atoms with Crippen LogP contribution in [0.15, 0.2) is 12.2 Å². The molecule has 0 spiro atoms. The van der Waals surface area contributed by atoms with E-state index in [0.29, 0.717) is 17.9 Å². The fourth-order valence-corrected chi connectivity index (χ4v) is 3.24. The Morgan fingerprint density at radius 1 is 1.16 bits per heavy atom. The van der Waals surface area contributed by atoms with Crippen LogP contribution in [0.4, 0.5) is 0 Å². The fourth-order valence-electron chi connectivity index (χ4n) is 3.24. The summed E-state index contributed by atoms with van der Waals surface area (Å²) in [5.41, 5.74) is 0. The Balaban J connectivity index is 1.85. The molecular formula is C17H30O2. The number of ether oxygens (including phenoxy) is 2. The molecule has 1 aliphatic carbocycles. The van der Waals surface area contributed by atoms with Crippen molar-refractivity contribution in [1.82, 2.24) is 0 Å². The first kappa shape index (κ1) is 15.1. The van der Waals surface area contributed by atoms with Crippen molar-refractivity contribution < 1.29 is 9.47 Å². The Morgan fingerprint density at radius 2 is 2.05 bits per heavy atom. The molecule has 0 aromatic carbocycles. The van der Waals surface area contributed by atoms with Crippen LogP contribution in [-0.2, 0) is 9.47 Å². The van der Waals surface area contributed by atoms with Crippen molar-refractivity contribution in [2.75, 3.05) is 6.61 Å². The van der Waals surface area contributed by atoms with Crippen molar-refractivity contribution in [1.29, 1.82) is 0 Å². The van der Waals surface area contributed by atoms with Gasteiger partial charge in [-0.15, -0.1) is 0 Å². The van der Waals surface area contributed by atoms with Crippen LogP contribution in [-0.4, -0.2) is 19.0 Å². The van der Waals surface area contributed by atoms with Crippen molar-refractivity contribution in [3.63, 3.8) is 0 Å². The highest BCUT2D eigenvalue weighted by atomic mass is 16.7. The van der Waals surface area contributed by atoms with Gasteiger partial charge in [-0.3, -0.25) is 0 Å². The van der Waals surface area contributed by atoms with Crippen LogP contribution in [0.25, 0.3) is 0 Å². The summed E-state index contributed by atoms with van der Waals surface area (Å²) in [5.74, 6) is 1.18. The molecule has 1 saturated heterocycles. The molecule has 1 fully saturated rings. The quantitative estimate of drug-likeness (QED) is 0.513. The number of hydrogen-bond acceptors (Lipinski definition) is 2. The van der Waals surface area contributed by atoms with Crippen molar-refractivity contribution in [2.24, 2.45) is 11.8 Å². The Morgan fingerprint density at radius 3 is 2.74 bits per heavy atom. The molecule has 0 amide bonds. The summed E-state index contributed by atoms with van der Waals surface area (Å²) in [6.07, 6.45) is 14.9. The lowest BCUT2D eigenvalue weighted by atomic mass is 9.90. The second-order valence-electron chi connectivity index (χ2n) is 6.08. The molecule has 0 aromatic rings. The maximum absolute atomic E-state index is 6.32. The zero-order valence-corrected chi connectivity index (χ0v) is 12.6. The molecule has 19 heavy (non-hydrogen) atoms. The van der Waals surface area contributed by atoms with Crippen LogP contribution in [0.5, 0.6) is 0 Å². The normalized spacial score (nSPS) is 35.5. The van der Waals surface area contributed by atoms with Gasteiger partial charge >= 0.3 is 0 Å². The lowest BCUT2D eigenvalue weighted by molar-refractivity contribution is -0.259. The van der Waals surface area contributed by atoms with Gasteiger partial charge in [-0.05, 0) is 32.1 Å². The minimum absolute atomic E-state index is 0.0550. The van der Waals surface area contributed by atoms with E-state index in [1.807, 2.05) is 0 Å². The van der Waals surface area contributed by atoms with E-state index in [4.69, 9.17) is 9.47 Å². The summed E-state index contributed by atoms with van der Waals surface area (Å²) in [5, 5.41) is 0. The van der Waals surface area contributed by atoms with Gasteiger partial charge in [0.1, 0.15) is 0 Å². The highest BCUT2D eigenvalue weighted by Gasteiger charge is 2.34. The summed E-state index contributed by atoms with van der Waals surface area (Å²) in [6, 6.07) is 0. The minimum atomic E-state index is 0.0550. The molecular weight excluding hydrogens is 236 g/mol. The molecule has 0 aromatic heterocycles. The highest BCUT2D eigenvalue weighted by Crippen LogP contribution is 2.32. The largest absolute Gasteiger partial charge is 0.352 e. The smallest absolute Gasteiger partial charge is 0.161 e. The van der Waals surface area contributed by atoms with Gasteiger partial charge in [0.25, 0.3) is 0 Å². The SMILES string of the molecule is CCCCC[C@H]1O[C@@H]([C@H]2CC=CCC2)OC[C@H]1CC. The van der Waals surface area contributed by atoms with Crippen LogP contribution < -0.4 is 0 Å². The molecule has 1 aliphatic heterocycles. The average Bonchev–Trinajstić information content (AvgIpc) is 2.48. The van der Waals surface area contributed by atoms with Gasteiger partial charge in [-0.25, -0.2) is 0 Å². The van der Waals surface area contributed by atoms with E-state index >= 15 is 0 Å². The number of rotatable bonds is 6. The van der Waals surface area contributed by atoms with Crippen LogP contribution in [0.2, 0.25) is 0 Å². The van der Waals surface area contributed by atoms with E-state index in [9.17, 15) is 0 Å². The Kier molecular flexibility index (Phi) is 6.39. The highest BCUT2D eigenvalue weighted by molar-refractivity contribution is 4.92. The fraction of sp³-hybridized carbons (Fsp3) is 0.882. The second-order valence-corrected chi connectivity index (χ2v) is 6.08. The van der Waals surface area contributed by atoms with E-state index in [1.54, 1.807) is 0 Å². The summed E-state index contributed by atoms with van der Waals surface area (Å²) in [7, 11) is 0. The third-order valence-corrected chi connectivity index (χ3v) is 4.62. The molecule has 2 rings (SSSR count). The molecule has 0 unspecified atom stereocenters. The first-order chi connectivity index (χ1) is 9.35. The lowest BCUT2D eigenvalue weighted by Gasteiger charge is -2.40. The second kappa shape index (κ2) is 8.06. The first-order valence-corrected chi connectivity index (χ1v) is 8.27. The van der Waals surface area contributed by atoms with Gasteiger partial charge in [0.05, 0.1) is 12.7 Å². The maximum atomic E-state index is 6.32. The van der Waals surface area contributed by atoms with E-state index in [2.05, 4.69) is 26.0 Å². The first-order valence-electron chi connectivity index (χ1n) is 8.27. The van der Waals surface area contributed by atoms with Gasteiger partial charge in [0, 0.05) is 11.8 Å². The maximum Gasteiger partial charge on any atom is 0.161 e. The summed E-state index contributed by atoms with van der Waals surface area (Å²) in [4.78, 5) is 0. The summed E-state index contributed by atoms with van der Waals surface area (Å²) in [6.45, 7) is 5.42. The molecule has 2 heteroatoms. The minimum Gasteiger partial charge on any atom is -0.352 e. The Labute approximate surface area is 118 Å². The number of allylic oxidation sites excluding steroid dienone is 2. The van der Waals surface area contributed by atoms with Crippen LogP contribution in [0.1, 0.15) is 65.2 Å². The van der Waals surface area contributed by atoms with Gasteiger partial charge in [0.2, 0.25) is 0 Å². The van der Waals surface area contributed by atoms with Gasteiger partial charge in [-0.1, -0.05) is 45.3 Å². The van der Waals surface area contributed by atoms with Crippen molar-refractivity contribution in [3.05, 3.63) is 12.2 Å². The van der Waals surface area contributed by atoms with Crippen LogP contribution in [0.3, 0.4) is 0 Å². The predicted octanol–water partition coefficient (Wildman–Crippen LogP) is 4.69. The number of hydrogen-bond donors (Lipinski definition) is 0. The zero-order valence-electron chi connectivity index (χ0n) is 12.6. The van der Waals surface area contributed by atoms with E-state index < -0.39 is 0 Å². The topological polar surface area (TPSA) is 18.5 Å². The predicted molar refractivity (Wildman–Crippen MR) is 79.0 cm³/mol. The zero-order chi connectivity index (χ0) is 13.5. The molecule has 2 nitrogen and oxygen atoms in total. The third kappa shape index (κ3) is 4.32. The molecule has 1 heterocycles. The third-order valence-electron chi connectivity index (χ3n) is 4.62. The number of unbranched alkanes of at least 4 members (excludes halogenated alkanes) is 2. The standard InChI is InChI=1S/C17H30O2/c1-3-5-7-12-16-14(4-2)13-18-17(19-16)15-10-8-6-9-11-15/h6,8,14-17H,3-5,7,9-13H2,1-2H3/t14-,15+,16-,17+/m1/s1. The van der Waals surface area contributed by atoms with E-state index in [0.717, 1.165) is 13.0 Å². The lowest BCUT2D eigenvalue weighted by Crippen LogP contribution is -2.43. The van der Waals surface area contributed by atoms with Crippen LogP contribution >= 0.6 is 0 Å². The molecule has 0 saturated carbocycles. The van der Waals surface area contributed by atoms with Gasteiger partial charge in [0.15, 0.2) is 6.29 Å². The van der Waals surface area contributed by atoms with Crippen molar-refractivity contribution >= 4 is 0 Å². The van der Waals surface area contributed by atoms with Crippen LogP contribution in [0, 0.1) is 11.8 Å². The molecule has 2 aliphatic rings. The van der Waals surface area contributed by atoms with E-state index in [1.165, 1.54) is 44.9 Å². The Hall–Kier alpha value is -0.340. The van der Waals surface area contributed by atoms with Gasteiger partial charge < -0.3 is 9.47 Å². The molecule has 0 bridgehead atoms. The van der Waals surface area contributed by atoms with Crippen molar-refractivity contribution in [2.45, 2.75) is 77.6 Å². The molecule has 0 N–H and O–H groups in total. The molecule has 0 radical (unpaired) electrons. The van der Waals surface area contributed by atoms with Gasteiger partial charge in [-0.2, -0.15) is 0 Å². The summed E-state index contributed by atoms with van der Waals surface area (Å²) >= 11 is 0. The molecule has 4 atom stereocenters. The Bertz CT molecular complexity index is 274. The summed E-state index contributed by atoms with van der Waals surface area (Å²) < 4.78 is 12.3. The van der Waals surface area contributed by atoms with Crippen molar-refractivity contribution in [3.8, 4) is 0 Å². The average molecular weight is 266 g/mol. The van der Waals surface area contributed by atoms with E-state index in [-0.39, 0.29) is 6.29 Å².